The fourth-order valence-corrected chi connectivity index (χ4v) is 2.70. The van der Waals surface area contributed by atoms with E-state index in [4.69, 9.17) is 9.15 Å². The largest absolute Gasteiger partial charge is 0.484 e. The third kappa shape index (κ3) is 4.76. The van der Waals surface area contributed by atoms with Crippen molar-refractivity contribution in [1.29, 1.82) is 0 Å². The monoisotopic (exact) mass is 380 g/mol. The highest BCUT2D eigenvalue weighted by atomic mass is 16.5. The van der Waals surface area contributed by atoms with Gasteiger partial charge >= 0.3 is 5.63 Å². The van der Waals surface area contributed by atoms with E-state index in [0.29, 0.717) is 11.3 Å². The summed E-state index contributed by atoms with van der Waals surface area (Å²) in [6.45, 7) is 3.38. The molecule has 3 aromatic rings. The second-order valence-electron chi connectivity index (χ2n) is 6.33. The van der Waals surface area contributed by atoms with Crippen molar-refractivity contribution in [3.63, 3.8) is 0 Å². The maximum atomic E-state index is 12.1. The Bertz CT molecular complexity index is 1070. The summed E-state index contributed by atoms with van der Waals surface area (Å²) >= 11 is 0. The van der Waals surface area contributed by atoms with Gasteiger partial charge in [0.05, 0.1) is 6.54 Å². The zero-order valence-electron chi connectivity index (χ0n) is 15.6. The third-order valence-electron chi connectivity index (χ3n) is 4.16. The number of carbonyl (C=O) groups is 2. The third-order valence-corrected chi connectivity index (χ3v) is 4.16. The number of hydrogen-bond acceptors (Lipinski definition) is 5. The first kappa shape index (κ1) is 19.2. The maximum Gasteiger partial charge on any atom is 0.336 e. The summed E-state index contributed by atoms with van der Waals surface area (Å²) in [6, 6.07) is 13.6. The number of rotatable bonds is 6. The van der Waals surface area contributed by atoms with Crippen molar-refractivity contribution in [2.24, 2.45) is 0 Å². The van der Waals surface area contributed by atoms with Crippen LogP contribution in [0.25, 0.3) is 11.0 Å². The molecule has 2 amide bonds. The van der Waals surface area contributed by atoms with Crippen molar-refractivity contribution in [1.82, 2.24) is 5.32 Å². The minimum absolute atomic E-state index is 0.164. The average Bonchev–Trinajstić information content (AvgIpc) is 2.67. The lowest BCUT2D eigenvalue weighted by atomic mass is 10.1. The van der Waals surface area contributed by atoms with Gasteiger partial charge in [-0.3, -0.25) is 9.59 Å². The molecular formula is C21H20N2O5. The molecule has 0 aliphatic rings. The van der Waals surface area contributed by atoms with E-state index in [1.165, 1.54) is 12.1 Å². The second kappa shape index (κ2) is 8.39. The van der Waals surface area contributed by atoms with Crippen molar-refractivity contribution in [2.45, 2.75) is 13.8 Å². The molecule has 0 unspecified atom stereocenters. The van der Waals surface area contributed by atoms with Crippen LogP contribution in [-0.4, -0.2) is 25.0 Å². The minimum atomic E-state index is -0.461. The molecule has 0 bridgehead atoms. The molecule has 144 valence electrons. The Balaban J connectivity index is 1.50. The normalized spacial score (nSPS) is 10.5. The minimum Gasteiger partial charge on any atom is -0.484 e. The molecule has 7 nitrogen and oxygen atoms in total. The first-order chi connectivity index (χ1) is 13.4. The summed E-state index contributed by atoms with van der Waals surface area (Å²) in [6.07, 6.45) is 0. The van der Waals surface area contributed by atoms with Crippen LogP contribution in [0.1, 0.15) is 11.1 Å². The van der Waals surface area contributed by atoms with E-state index in [-0.39, 0.29) is 19.1 Å². The summed E-state index contributed by atoms with van der Waals surface area (Å²) < 4.78 is 10.5. The van der Waals surface area contributed by atoms with Gasteiger partial charge in [-0.1, -0.05) is 18.2 Å². The van der Waals surface area contributed by atoms with E-state index in [2.05, 4.69) is 10.6 Å². The van der Waals surface area contributed by atoms with Crippen LogP contribution in [-0.2, 0) is 9.59 Å². The van der Waals surface area contributed by atoms with Crippen molar-refractivity contribution >= 4 is 28.5 Å². The highest BCUT2D eigenvalue weighted by Gasteiger charge is 2.10. The molecule has 1 aromatic heterocycles. The van der Waals surface area contributed by atoms with E-state index in [1.54, 1.807) is 18.2 Å². The van der Waals surface area contributed by atoms with Crippen LogP contribution in [0.4, 0.5) is 5.69 Å². The number of fused-ring (bicyclic) bond motifs is 1. The summed E-state index contributed by atoms with van der Waals surface area (Å²) in [5.41, 5.74) is 2.56. The number of anilines is 1. The molecule has 0 radical (unpaired) electrons. The van der Waals surface area contributed by atoms with Crippen molar-refractivity contribution < 1.29 is 18.7 Å². The summed E-state index contributed by atoms with van der Waals surface area (Å²) in [5, 5.41) is 6.05. The van der Waals surface area contributed by atoms with Gasteiger partial charge < -0.3 is 19.8 Å². The molecule has 0 saturated carbocycles. The van der Waals surface area contributed by atoms with E-state index < -0.39 is 11.5 Å². The fourth-order valence-electron chi connectivity index (χ4n) is 2.70. The van der Waals surface area contributed by atoms with E-state index in [1.807, 2.05) is 32.0 Å². The van der Waals surface area contributed by atoms with E-state index in [0.717, 1.165) is 22.2 Å². The lowest BCUT2D eigenvalue weighted by Gasteiger charge is -2.12. The highest BCUT2D eigenvalue weighted by Crippen LogP contribution is 2.20. The van der Waals surface area contributed by atoms with Crippen LogP contribution in [0, 0.1) is 13.8 Å². The van der Waals surface area contributed by atoms with Gasteiger partial charge in [0.15, 0.2) is 6.61 Å². The van der Waals surface area contributed by atoms with Crippen LogP contribution >= 0.6 is 0 Å². The summed E-state index contributed by atoms with van der Waals surface area (Å²) in [4.78, 5) is 35.3. The van der Waals surface area contributed by atoms with Gasteiger partial charge in [0.1, 0.15) is 11.3 Å². The Morgan fingerprint density at radius 2 is 1.71 bits per heavy atom. The van der Waals surface area contributed by atoms with Crippen molar-refractivity contribution in [3.8, 4) is 5.75 Å². The first-order valence-corrected chi connectivity index (χ1v) is 8.72. The molecule has 0 spiro atoms. The van der Waals surface area contributed by atoms with Crippen LogP contribution < -0.4 is 21.0 Å². The van der Waals surface area contributed by atoms with Gasteiger partial charge in [0.25, 0.3) is 5.91 Å². The zero-order valence-corrected chi connectivity index (χ0v) is 15.6. The molecular weight excluding hydrogens is 360 g/mol. The molecule has 7 heteroatoms. The van der Waals surface area contributed by atoms with Crippen LogP contribution in [0.5, 0.6) is 5.75 Å². The number of benzene rings is 2. The van der Waals surface area contributed by atoms with Crippen molar-refractivity contribution in [2.75, 3.05) is 18.5 Å². The lowest BCUT2D eigenvalue weighted by molar-refractivity contribution is -0.125. The Morgan fingerprint density at radius 3 is 2.46 bits per heavy atom. The number of aryl methyl sites for hydroxylation is 2. The predicted molar refractivity (Wildman–Crippen MR) is 106 cm³/mol. The molecule has 2 aromatic carbocycles. The summed E-state index contributed by atoms with van der Waals surface area (Å²) in [5.74, 6) is -0.374. The molecule has 0 fully saturated rings. The molecule has 0 atom stereocenters. The smallest absolute Gasteiger partial charge is 0.336 e. The Labute approximate surface area is 161 Å². The number of hydrogen-bond donors (Lipinski definition) is 2. The molecule has 3 rings (SSSR count). The van der Waals surface area contributed by atoms with Gasteiger partial charge in [0, 0.05) is 23.2 Å². The Kier molecular flexibility index (Phi) is 5.74. The molecule has 0 aliphatic heterocycles. The first-order valence-electron chi connectivity index (χ1n) is 8.72. The number of carbonyl (C=O) groups excluding carboxylic acids is 2. The molecule has 1 heterocycles. The van der Waals surface area contributed by atoms with Gasteiger partial charge in [-0.2, -0.15) is 0 Å². The van der Waals surface area contributed by atoms with Crippen LogP contribution in [0.3, 0.4) is 0 Å². The van der Waals surface area contributed by atoms with Gasteiger partial charge in [-0.15, -0.1) is 0 Å². The van der Waals surface area contributed by atoms with Gasteiger partial charge in [-0.05, 0) is 43.2 Å². The molecule has 28 heavy (non-hydrogen) atoms. The van der Waals surface area contributed by atoms with Gasteiger partial charge in [-0.25, -0.2) is 4.79 Å². The van der Waals surface area contributed by atoms with Crippen molar-refractivity contribution in [3.05, 3.63) is 70.1 Å². The maximum absolute atomic E-state index is 12.1. The number of nitrogens with one attached hydrogen (secondary N) is 2. The van der Waals surface area contributed by atoms with Crippen LogP contribution in [0.2, 0.25) is 0 Å². The lowest BCUT2D eigenvalue weighted by Crippen LogP contribution is -2.36. The topological polar surface area (TPSA) is 97.6 Å². The van der Waals surface area contributed by atoms with E-state index in [9.17, 15) is 14.4 Å². The number of ether oxygens (including phenoxy) is 1. The highest BCUT2D eigenvalue weighted by molar-refractivity contribution is 5.95. The van der Waals surface area contributed by atoms with E-state index >= 15 is 0 Å². The molecule has 0 saturated heterocycles. The quantitative estimate of drug-likeness (QED) is 0.641. The Morgan fingerprint density at radius 1 is 1.00 bits per heavy atom. The SMILES string of the molecule is Cc1cccc(C)c1NC(=O)CNC(=O)COc1ccc2ccc(=O)oc2c1. The number of amides is 2. The van der Waals surface area contributed by atoms with Gasteiger partial charge in [0.2, 0.25) is 5.91 Å². The average molecular weight is 380 g/mol. The standard InChI is InChI=1S/C21H20N2O5/c1-13-4-3-5-14(2)21(13)23-18(24)11-22-19(25)12-27-16-8-6-15-7-9-20(26)28-17(15)10-16/h3-10H,11-12H2,1-2H3,(H,22,25)(H,23,24). The zero-order chi connectivity index (χ0) is 20.1. The second-order valence-corrected chi connectivity index (χ2v) is 6.33. The summed E-state index contributed by atoms with van der Waals surface area (Å²) in [7, 11) is 0. The molecule has 0 aliphatic carbocycles. The fraction of sp³-hybridized carbons (Fsp3) is 0.190. The molecule has 2 N–H and O–H groups in total. The van der Waals surface area contributed by atoms with Crippen LogP contribution in [0.15, 0.2) is 57.7 Å². The predicted octanol–water partition coefficient (Wildman–Crippen LogP) is 2.54. The Hall–Kier alpha value is -3.61. The number of para-hydroxylation sites is 1.